The highest BCUT2D eigenvalue weighted by molar-refractivity contribution is 5.82. The molecule has 0 radical (unpaired) electrons. The number of rotatable bonds is 9. The second kappa shape index (κ2) is 10.7. The smallest absolute Gasteiger partial charge is 0.330 e. The summed E-state index contributed by atoms with van der Waals surface area (Å²) in [7, 11) is 0. The summed E-state index contributed by atoms with van der Waals surface area (Å²) in [6.45, 7) is 7.92. The van der Waals surface area contributed by atoms with Gasteiger partial charge in [0.05, 0.1) is 13.2 Å². The summed E-state index contributed by atoms with van der Waals surface area (Å²) in [5.74, 6) is -0.235. The maximum absolute atomic E-state index is 11.3. The van der Waals surface area contributed by atoms with Crippen LogP contribution in [0.3, 0.4) is 0 Å². The van der Waals surface area contributed by atoms with Crippen LogP contribution < -0.4 is 0 Å². The van der Waals surface area contributed by atoms with E-state index in [1.54, 1.807) is 6.08 Å². The van der Waals surface area contributed by atoms with Crippen molar-refractivity contribution >= 4 is 5.97 Å². The second-order valence-corrected chi connectivity index (χ2v) is 3.67. The Balaban J connectivity index is 3.99. The Hall–Kier alpha value is -0.830. The van der Waals surface area contributed by atoms with Crippen molar-refractivity contribution in [3.63, 3.8) is 0 Å². The molecule has 0 N–H and O–H groups in total. The van der Waals surface area contributed by atoms with Crippen molar-refractivity contribution in [3.05, 3.63) is 11.6 Å². The molecule has 0 amide bonds. The first kappa shape index (κ1) is 15.2. The maximum atomic E-state index is 11.3. The van der Waals surface area contributed by atoms with Gasteiger partial charge in [0.1, 0.15) is 0 Å². The lowest BCUT2D eigenvalue weighted by Gasteiger charge is -2.06. The highest BCUT2D eigenvalue weighted by atomic mass is 16.5. The van der Waals surface area contributed by atoms with Gasteiger partial charge in [-0.25, -0.2) is 4.79 Å². The van der Waals surface area contributed by atoms with Crippen molar-refractivity contribution < 1.29 is 14.3 Å². The summed E-state index contributed by atoms with van der Waals surface area (Å²) in [4.78, 5) is 11.3. The van der Waals surface area contributed by atoms with Gasteiger partial charge in [-0.05, 0) is 26.2 Å². The van der Waals surface area contributed by atoms with Crippen molar-refractivity contribution in [2.75, 3.05) is 19.8 Å². The minimum Gasteiger partial charge on any atom is -0.463 e. The average molecular weight is 228 g/mol. The van der Waals surface area contributed by atoms with Crippen molar-refractivity contribution in [3.8, 4) is 0 Å². The Morgan fingerprint density at radius 1 is 1.06 bits per heavy atom. The van der Waals surface area contributed by atoms with E-state index in [1.165, 1.54) is 0 Å². The third-order valence-electron chi connectivity index (χ3n) is 2.10. The topological polar surface area (TPSA) is 35.5 Å². The normalized spacial score (nSPS) is 11.6. The van der Waals surface area contributed by atoms with Crippen LogP contribution >= 0.6 is 0 Å². The SMILES string of the molecule is CCCOCC/C(=C/C(=O)OCC)CCC. The monoisotopic (exact) mass is 228 g/mol. The summed E-state index contributed by atoms with van der Waals surface area (Å²) in [6.07, 6.45) is 5.45. The summed E-state index contributed by atoms with van der Waals surface area (Å²) in [6, 6.07) is 0. The molecule has 0 spiro atoms. The summed E-state index contributed by atoms with van der Waals surface area (Å²) in [5, 5.41) is 0. The maximum Gasteiger partial charge on any atom is 0.330 e. The van der Waals surface area contributed by atoms with E-state index in [1.807, 2.05) is 6.92 Å². The van der Waals surface area contributed by atoms with Gasteiger partial charge in [0.15, 0.2) is 0 Å². The van der Waals surface area contributed by atoms with Crippen LogP contribution in [0, 0.1) is 0 Å². The standard InChI is InChI=1S/C13H24O3/c1-4-7-12(8-10-15-9-5-2)11-13(14)16-6-3/h11H,4-10H2,1-3H3/b12-11+. The number of carbonyl (C=O) groups is 1. The average Bonchev–Trinajstić information content (AvgIpc) is 2.25. The molecule has 0 bridgehead atoms. The molecule has 0 aliphatic carbocycles. The van der Waals surface area contributed by atoms with E-state index >= 15 is 0 Å². The molecule has 3 heteroatoms. The fourth-order valence-electron chi connectivity index (χ4n) is 1.39. The van der Waals surface area contributed by atoms with Gasteiger partial charge in [-0.2, -0.15) is 0 Å². The fraction of sp³-hybridized carbons (Fsp3) is 0.769. The highest BCUT2D eigenvalue weighted by Crippen LogP contribution is 2.10. The predicted octanol–water partition coefficient (Wildman–Crippen LogP) is 3.09. The molecule has 0 aromatic rings. The van der Waals surface area contributed by atoms with Crippen LogP contribution in [0.5, 0.6) is 0 Å². The van der Waals surface area contributed by atoms with E-state index < -0.39 is 0 Å². The Morgan fingerprint density at radius 2 is 1.81 bits per heavy atom. The molecule has 0 aromatic carbocycles. The molecular weight excluding hydrogens is 204 g/mol. The Bertz CT molecular complexity index is 209. The highest BCUT2D eigenvalue weighted by Gasteiger charge is 2.02. The molecule has 16 heavy (non-hydrogen) atoms. The second-order valence-electron chi connectivity index (χ2n) is 3.67. The van der Waals surface area contributed by atoms with Gasteiger partial charge in [-0.15, -0.1) is 0 Å². The third kappa shape index (κ3) is 8.48. The van der Waals surface area contributed by atoms with Crippen LogP contribution in [0.4, 0.5) is 0 Å². The number of hydrogen-bond acceptors (Lipinski definition) is 3. The quantitative estimate of drug-likeness (QED) is 0.345. The first-order valence-electron chi connectivity index (χ1n) is 6.18. The van der Waals surface area contributed by atoms with Crippen LogP contribution in [0.2, 0.25) is 0 Å². The lowest BCUT2D eigenvalue weighted by atomic mass is 10.1. The third-order valence-corrected chi connectivity index (χ3v) is 2.10. The molecule has 0 fully saturated rings. The van der Waals surface area contributed by atoms with E-state index in [9.17, 15) is 4.79 Å². The van der Waals surface area contributed by atoms with Crippen LogP contribution in [0.1, 0.15) is 46.5 Å². The van der Waals surface area contributed by atoms with Crippen molar-refractivity contribution in [2.45, 2.75) is 46.5 Å². The molecule has 0 atom stereocenters. The Morgan fingerprint density at radius 3 is 2.38 bits per heavy atom. The molecule has 0 rings (SSSR count). The Kier molecular flexibility index (Phi) is 10.1. The van der Waals surface area contributed by atoms with Gasteiger partial charge in [0, 0.05) is 12.7 Å². The Labute approximate surface area is 98.8 Å². The lowest BCUT2D eigenvalue weighted by Crippen LogP contribution is -2.03. The molecule has 94 valence electrons. The zero-order chi connectivity index (χ0) is 12.2. The number of carbonyl (C=O) groups excluding carboxylic acids is 1. The number of esters is 1. The van der Waals surface area contributed by atoms with Gasteiger partial charge in [-0.3, -0.25) is 0 Å². The minimum absolute atomic E-state index is 0.235. The van der Waals surface area contributed by atoms with E-state index in [0.717, 1.165) is 37.9 Å². The van der Waals surface area contributed by atoms with Crippen LogP contribution in [-0.4, -0.2) is 25.8 Å². The van der Waals surface area contributed by atoms with Gasteiger partial charge in [-0.1, -0.05) is 25.8 Å². The first-order chi connectivity index (χ1) is 7.74. The summed E-state index contributed by atoms with van der Waals surface area (Å²) < 4.78 is 10.3. The zero-order valence-corrected chi connectivity index (χ0v) is 10.8. The molecule has 0 heterocycles. The van der Waals surface area contributed by atoms with Gasteiger partial charge >= 0.3 is 5.97 Å². The molecule has 3 nitrogen and oxygen atoms in total. The largest absolute Gasteiger partial charge is 0.463 e. The molecule has 0 saturated heterocycles. The van der Waals surface area contributed by atoms with E-state index in [-0.39, 0.29) is 5.97 Å². The molecule has 0 saturated carbocycles. The number of hydrogen-bond donors (Lipinski definition) is 0. The van der Waals surface area contributed by atoms with Gasteiger partial charge < -0.3 is 9.47 Å². The number of ether oxygens (including phenoxy) is 2. The molecule has 0 aromatic heterocycles. The molecular formula is C13H24O3. The van der Waals surface area contributed by atoms with Crippen LogP contribution in [0.25, 0.3) is 0 Å². The molecule has 0 unspecified atom stereocenters. The first-order valence-corrected chi connectivity index (χ1v) is 6.18. The molecule has 0 aliphatic heterocycles. The van der Waals surface area contributed by atoms with E-state index in [2.05, 4.69) is 13.8 Å². The summed E-state index contributed by atoms with van der Waals surface area (Å²) in [5.41, 5.74) is 1.12. The fourth-order valence-corrected chi connectivity index (χ4v) is 1.39. The predicted molar refractivity (Wildman–Crippen MR) is 65.4 cm³/mol. The van der Waals surface area contributed by atoms with Crippen molar-refractivity contribution in [2.24, 2.45) is 0 Å². The lowest BCUT2D eigenvalue weighted by molar-refractivity contribution is -0.137. The van der Waals surface area contributed by atoms with Crippen LogP contribution in [-0.2, 0) is 14.3 Å². The van der Waals surface area contributed by atoms with E-state index in [4.69, 9.17) is 9.47 Å². The van der Waals surface area contributed by atoms with Gasteiger partial charge in [0.25, 0.3) is 0 Å². The van der Waals surface area contributed by atoms with Crippen LogP contribution in [0.15, 0.2) is 11.6 Å². The molecule has 0 aliphatic rings. The van der Waals surface area contributed by atoms with E-state index in [0.29, 0.717) is 13.2 Å². The minimum atomic E-state index is -0.235. The van der Waals surface area contributed by atoms with Crippen molar-refractivity contribution in [1.29, 1.82) is 0 Å². The summed E-state index contributed by atoms with van der Waals surface area (Å²) >= 11 is 0. The van der Waals surface area contributed by atoms with Gasteiger partial charge in [0.2, 0.25) is 0 Å². The van der Waals surface area contributed by atoms with Crippen molar-refractivity contribution in [1.82, 2.24) is 0 Å². The zero-order valence-electron chi connectivity index (χ0n) is 10.8.